The smallest absolute Gasteiger partial charge is 0.0708 e. The summed E-state index contributed by atoms with van der Waals surface area (Å²) in [5.74, 6) is 0. The summed E-state index contributed by atoms with van der Waals surface area (Å²) in [6, 6.07) is 18.3. The molecule has 0 spiro atoms. The molecule has 2 heteroatoms. The molecule has 0 saturated heterocycles. The van der Waals surface area contributed by atoms with Crippen molar-refractivity contribution >= 4 is 23.5 Å². The first-order valence-corrected chi connectivity index (χ1v) is 5.93. The number of aromatic nitrogens is 1. The normalized spacial score (nSPS) is 10.6. The second-order valence-corrected chi connectivity index (χ2v) is 4.37. The molecule has 0 radical (unpaired) electrons. The van der Waals surface area contributed by atoms with Crippen LogP contribution in [0.2, 0.25) is 0 Å². The highest BCUT2D eigenvalue weighted by atomic mass is 32.1. The first kappa shape index (κ1) is 10.4. The van der Waals surface area contributed by atoms with E-state index in [0.717, 1.165) is 21.4 Å². The third kappa shape index (κ3) is 1.81. The molecule has 0 bridgehead atoms. The number of hydrogen-bond donors (Lipinski definition) is 1. The summed E-state index contributed by atoms with van der Waals surface area (Å²) in [5.41, 5.74) is 3.34. The number of pyridine rings is 1. The number of benzene rings is 2. The molecule has 0 fully saturated rings. The minimum absolute atomic E-state index is 0.990. The average molecular weight is 237 g/mol. The molecule has 1 aromatic heterocycles. The van der Waals surface area contributed by atoms with Gasteiger partial charge in [0.2, 0.25) is 0 Å². The first-order valence-electron chi connectivity index (χ1n) is 5.48. The van der Waals surface area contributed by atoms with Gasteiger partial charge in [0.05, 0.1) is 5.52 Å². The second kappa shape index (κ2) is 4.22. The quantitative estimate of drug-likeness (QED) is 0.626. The fourth-order valence-corrected chi connectivity index (χ4v) is 2.31. The lowest BCUT2D eigenvalue weighted by Gasteiger charge is -2.08. The molecular formula is C15H11NS. The monoisotopic (exact) mass is 237 g/mol. The van der Waals surface area contributed by atoms with E-state index in [0.29, 0.717) is 0 Å². The Hall–Kier alpha value is -1.80. The number of para-hydroxylation sites is 1. The Labute approximate surface area is 106 Å². The average Bonchev–Trinajstić information content (AvgIpc) is 2.39. The van der Waals surface area contributed by atoms with E-state index in [9.17, 15) is 0 Å². The van der Waals surface area contributed by atoms with E-state index in [1.54, 1.807) is 0 Å². The molecule has 0 aliphatic heterocycles. The summed E-state index contributed by atoms with van der Waals surface area (Å²) >= 11 is 4.51. The molecular weight excluding hydrogens is 226 g/mol. The predicted molar refractivity (Wildman–Crippen MR) is 74.4 cm³/mol. The molecule has 17 heavy (non-hydrogen) atoms. The van der Waals surface area contributed by atoms with E-state index in [1.165, 1.54) is 5.56 Å². The topological polar surface area (TPSA) is 12.9 Å². The molecule has 0 atom stereocenters. The van der Waals surface area contributed by atoms with Gasteiger partial charge in [-0.3, -0.25) is 4.98 Å². The van der Waals surface area contributed by atoms with Crippen LogP contribution in [0.3, 0.4) is 0 Å². The van der Waals surface area contributed by atoms with Crippen LogP contribution in [0.25, 0.3) is 22.0 Å². The lowest BCUT2D eigenvalue weighted by molar-refractivity contribution is 1.39. The molecule has 0 aliphatic carbocycles. The van der Waals surface area contributed by atoms with Crippen LogP contribution in [0.5, 0.6) is 0 Å². The van der Waals surface area contributed by atoms with Gasteiger partial charge in [-0.1, -0.05) is 36.4 Å². The number of thiol groups is 1. The molecule has 82 valence electrons. The lowest BCUT2D eigenvalue weighted by Crippen LogP contribution is -1.85. The van der Waals surface area contributed by atoms with Crippen molar-refractivity contribution in [3.63, 3.8) is 0 Å². The van der Waals surface area contributed by atoms with Gasteiger partial charge >= 0.3 is 0 Å². The van der Waals surface area contributed by atoms with Gasteiger partial charge in [0.25, 0.3) is 0 Å². The Morgan fingerprint density at radius 3 is 2.41 bits per heavy atom. The summed E-state index contributed by atoms with van der Waals surface area (Å²) in [6.45, 7) is 0. The molecule has 0 unspecified atom stereocenters. The Balaban J connectivity index is 2.35. The zero-order valence-electron chi connectivity index (χ0n) is 9.17. The third-order valence-electron chi connectivity index (χ3n) is 2.84. The Bertz CT molecular complexity index is 671. The van der Waals surface area contributed by atoms with Crippen molar-refractivity contribution in [2.75, 3.05) is 0 Å². The van der Waals surface area contributed by atoms with Crippen LogP contribution < -0.4 is 0 Å². The maximum absolute atomic E-state index is 4.51. The van der Waals surface area contributed by atoms with Crippen molar-refractivity contribution in [3.8, 4) is 11.1 Å². The van der Waals surface area contributed by atoms with Gasteiger partial charge in [-0.15, -0.1) is 12.6 Å². The van der Waals surface area contributed by atoms with Crippen LogP contribution in [0.4, 0.5) is 0 Å². The van der Waals surface area contributed by atoms with Crippen molar-refractivity contribution in [1.29, 1.82) is 0 Å². The second-order valence-electron chi connectivity index (χ2n) is 3.89. The molecule has 3 rings (SSSR count). The number of nitrogens with zero attached hydrogens (tertiary/aromatic N) is 1. The van der Waals surface area contributed by atoms with Crippen molar-refractivity contribution in [1.82, 2.24) is 4.98 Å². The van der Waals surface area contributed by atoms with Crippen LogP contribution in [-0.2, 0) is 0 Å². The molecule has 0 aliphatic rings. The molecule has 1 nitrogen and oxygen atoms in total. The molecule has 0 N–H and O–H groups in total. The van der Waals surface area contributed by atoms with Crippen molar-refractivity contribution in [2.45, 2.75) is 4.90 Å². The van der Waals surface area contributed by atoms with Crippen LogP contribution >= 0.6 is 12.6 Å². The van der Waals surface area contributed by atoms with Gasteiger partial charge in [-0.2, -0.15) is 0 Å². The van der Waals surface area contributed by atoms with Crippen LogP contribution in [0.15, 0.2) is 65.7 Å². The number of rotatable bonds is 1. The summed E-state index contributed by atoms with van der Waals surface area (Å²) in [7, 11) is 0. The molecule has 0 amide bonds. The molecule has 1 heterocycles. The van der Waals surface area contributed by atoms with Crippen molar-refractivity contribution < 1.29 is 0 Å². The predicted octanol–water partition coefficient (Wildman–Crippen LogP) is 4.19. The molecule has 2 aromatic carbocycles. The standard InChI is InChI=1S/C15H11NS/c17-15-8-4-2-6-13(15)11-9-10-16-14-7-3-1-5-12(11)14/h1-10,17H. The third-order valence-corrected chi connectivity index (χ3v) is 3.23. The molecule has 3 aromatic rings. The Morgan fingerprint density at radius 1 is 0.765 bits per heavy atom. The van der Waals surface area contributed by atoms with Crippen molar-refractivity contribution in [2.24, 2.45) is 0 Å². The number of fused-ring (bicyclic) bond motifs is 1. The van der Waals surface area contributed by atoms with Gasteiger partial charge < -0.3 is 0 Å². The zero-order valence-corrected chi connectivity index (χ0v) is 10.1. The SMILES string of the molecule is Sc1ccccc1-c1ccnc2ccccc12. The zero-order chi connectivity index (χ0) is 11.7. The summed E-state index contributed by atoms with van der Waals surface area (Å²) < 4.78 is 0. The van der Waals surface area contributed by atoms with E-state index < -0.39 is 0 Å². The lowest BCUT2D eigenvalue weighted by atomic mass is 10.0. The van der Waals surface area contributed by atoms with Gasteiger partial charge in [0, 0.05) is 16.5 Å². The largest absolute Gasteiger partial charge is 0.256 e. The van der Waals surface area contributed by atoms with Gasteiger partial charge in [0.1, 0.15) is 0 Å². The Morgan fingerprint density at radius 2 is 1.53 bits per heavy atom. The van der Waals surface area contributed by atoms with Crippen molar-refractivity contribution in [3.05, 3.63) is 60.8 Å². The highest BCUT2D eigenvalue weighted by Gasteiger charge is 2.05. The first-order chi connectivity index (χ1) is 8.36. The molecule has 0 saturated carbocycles. The van der Waals surface area contributed by atoms with E-state index in [-0.39, 0.29) is 0 Å². The van der Waals surface area contributed by atoms with Crippen LogP contribution in [0, 0.1) is 0 Å². The maximum atomic E-state index is 4.51. The summed E-state index contributed by atoms with van der Waals surface area (Å²) in [4.78, 5) is 5.36. The van der Waals surface area contributed by atoms with E-state index in [4.69, 9.17) is 0 Å². The van der Waals surface area contributed by atoms with Crippen LogP contribution in [-0.4, -0.2) is 4.98 Å². The van der Waals surface area contributed by atoms with E-state index >= 15 is 0 Å². The Kier molecular flexibility index (Phi) is 2.57. The summed E-state index contributed by atoms with van der Waals surface area (Å²) in [6.07, 6.45) is 1.85. The maximum Gasteiger partial charge on any atom is 0.0708 e. The minimum atomic E-state index is 0.990. The minimum Gasteiger partial charge on any atom is -0.256 e. The highest BCUT2D eigenvalue weighted by Crippen LogP contribution is 2.31. The number of hydrogen-bond acceptors (Lipinski definition) is 2. The van der Waals surface area contributed by atoms with Gasteiger partial charge in [0.15, 0.2) is 0 Å². The summed E-state index contributed by atoms with van der Waals surface area (Å²) in [5, 5.41) is 1.16. The van der Waals surface area contributed by atoms with E-state index in [1.807, 2.05) is 48.7 Å². The van der Waals surface area contributed by atoms with Crippen LogP contribution in [0.1, 0.15) is 0 Å². The fourth-order valence-electron chi connectivity index (χ4n) is 2.03. The van der Waals surface area contributed by atoms with Gasteiger partial charge in [-0.05, 0) is 29.3 Å². The van der Waals surface area contributed by atoms with Gasteiger partial charge in [-0.25, -0.2) is 0 Å². The van der Waals surface area contributed by atoms with E-state index in [2.05, 4.69) is 29.7 Å². The fraction of sp³-hybridized carbons (Fsp3) is 0. The highest BCUT2D eigenvalue weighted by molar-refractivity contribution is 7.80.